The number of hydrogen-bond donors (Lipinski definition) is 2. The number of aromatic amines is 1. The summed E-state index contributed by atoms with van der Waals surface area (Å²) in [5.41, 5.74) is -0.114. The minimum atomic E-state index is -4.45. The third-order valence-corrected chi connectivity index (χ3v) is 3.88. The number of β-amino-alcohol motifs (C(OH)–C–C–N with tert-alkyl or cyclic N) is 1. The fourth-order valence-electron chi connectivity index (χ4n) is 2.81. The van der Waals surface area contributed by atoms with E-state index >= 15 is 0 Å². The highest BCUT2D eigenvalue weighted by molar-refractivity contribution is 5.94. The van der Waals surface area contributed by atoms with Gasteiger partial charge in [0, 0.05) is 12.7 Å². The molecule has 0 saturated carbocycles. The molecule has 0 bridgehead atoms. The lowest BCUT2D eigenvalue weighted by Gasteiger charge is -2.24. The Morgan fingerprint density at radius 2 is 2.17 bits per heavy atom. The zero-order chi connectivity index (χ0) is 16.6. The van der Waals surface area contributed by atoms with Crippen LogP contribution < -0.4 is 0 Å². The standard InChI is InChI=1S/C15H14F3N3O2/c16-15(17,18)11-3-1-2-9(4-11)13-5-12(22)8-21(13)14(23)10-6-19-20-7-10/h1-4,6-7,12-13,22H,5,8H2,(H,19,20)/t12-,13+/m1/s1. The first-order valence-corrected chi connectivity index (χ1v) is 7.01. The molecule has 0 spiro atoms. The Morgan fingerprint density at radius 1 is 1.39 bits per heavy atom. The van der Waals surface area contributed by atoms with Crippen LogP contribution in [-0.4, -0.2) is 38.8 Å². The summed E-state index contributed by atoms with van der Waals surface area (Å²) < 4.78 is 38.6. The normalized spacial score (nSPS) is 21.7. The van der Waals surface area contributed by atoms with Crippen molar-refractivity contribution in [3.63, 3.8) is 0 Å². The average Bonchev–Trinajstić information content (AvgIpc) is 3.15. The van der Waals surface area contributed by atoms with Crippen molar-refractivity contribution in [2.45, 2.75) is 24.7 Å². The van der Waals surface area contributed by atoms with Gasteiger partial charge in [0.1, 0.15) is 0 Å². The lowest BCUT2D eigenvalue weighted by atomic mass is 10.0. The van der Waals surface area contributed by atoms with Crippen LogP contribution in [-0.2, 0) is 6.18 Å². The molecule has 1 amide bonds. The van der Waals surface area contributed by atoms with E-state index < -0.39 is 23.9 Å². The van der Waals surface area contributed by atoms with Crippen LogP contribution in [0.25, 0.3) is 0 Å². The number of benzene rings is 1. The van der Waals surface area contributed by atoms with Gasteiger partial charge in [0.05, 0.1) is 29.5 Å². The average molecular weight is 325 g/mol. The molecule has 2 aromatic rings. The molecule has 1 aromatic heterocycles. The second kappa shape index (κ2) is 5.69. The van der Waals surface area contributed by atoms with Crippen LogP contribution in [0, 0.1) is 0 Å². The SMILES string of the molecule is O=C(c1cn[nH]c1)N1C[C@H](O)C[C@H]1c1cccc(C(F)(F)F)c1. The summed E-state index contributed by atoms with van der Waals surface area (Å²) in [4.78, 5) is 13.8. The Balaban J connectivity index is 1.92. The number of rotatable bonds is 2. The highest BCUT2D eigenvalue weighted by Gasteiger charge is 2.37. The van der Waals surface area contributed by atoms with E-state index in [9.17, 15) is 23.1 Å². The minimum absolute atomic E-state index is 0.0743. The third-order valence-electron chi connectivity index (χ3n) is 3.88. The smallest absolute Gasteiger partial charge is 0.391 e. The number of halogens is 3. The molecule has 2 heterocycles. The number of alkyl halides is 3. The number of carbonyl (C=O) groups excluding carboxylic acids is 1. The number of likely N-dealkylation sites (tertiary alicyclic amines) is 1. The van der Waals surface area contributed by atoms with E-state index in [2.05, 4.69) is 10.2 Å². The van der Waals surface area contributed by atoms with Crippen molar-refractivity contribution in [1.29, 1.82) is 0 Å². The van der Waals surface area contributed by atoms with Gasteiger partial charge in [-0.15, -0.1) is 0 Å². The van der Waals surface area contributed by atoms with Gasteiger partial charge in [-0.05, 0) is 24.1 Å². The number of aliphatic hydroxyl groups excluding tert-OH is 1. The molecule has 8 heteroatoms. The van der Waals surface area contributed by atoms with Crippen molar-refractivity contribution in [3.05, 3.63) is 53.3 Å². The molecule has 23 heavy (non-hydrogen) atoms. The largest absolute Gasteiger partial charge is 0.416 e. The molecule has 1 aliphatic heterocycles. The van der Waals surface area contributed by atoms with Crippen molar-refractivity contribution in [3.8, 4) is 0 Å². The molecule has 0 unspecified atom stereocenters. The summed E-state index contributed by atoms with van der Waals surface area (Å²) in [6.45, 7) is 0.0743. The van der Waals surface area contributed by atoms with Crippen LogP contribution in [0.15, 0.2) is 36.7 Å². The molecule has 1 aromatic carbocycles. The lowest BCUT2D eigenvalue weighted by Crippen LogP contribution is -2.31. The molecule has 1 aliphatic rings. The maximum absolute atomic E-state index is 12.9. The first-order valence-electron chi connectivity index (χ1n) is 7.01. The number of H-pyrrole nitrogens is 1. The lowest BCUT2D eigenvalue weighted by molar-refractivity contribution is -0.137. The van der Waals surface area contributed by atoms with Crippen LogP contribution >= 0.6 is 0 Å². The number of nitrogens with zero attached hydrogens (tertiary/aromatic N) is 2. The molecule has 122 valence electrons. The highest BCUT2D eigenvalue weighted by Crippen LogP contribution is 2.36. The van der Waals surface area contributed by atoms with Crippen molar-refractivity contribution in [2.24, 2.45) is 0 Å². The van der Waals surface area contributed by atoms with Crippen LogP contribution in [0.4, 0.5) is 13.2 Å². The molecule has 2 atom stereocenters. The van der Waals surface area contributed by atoms with Crippen LogP contribution in [0.1, 0.15) is 33.9 Å². The van der Waals surface area contributed by atoms with E-state index in [-0.39, 0.29) is 18.9 Å². The van der Waals surface area contributed by atoms with Gasteiger partial charge in [0.25, 0.3) is 5.91 Å². The van der Waals surface area contributed by atoms with Gasteiger partial charge in [-0.25, -0.2) is 0 Å². The zero-order valence-electron chi connectivity index (χ0n) is 11.9. The second-order valence-electron chi connectivity index (χ2n) is 5.47. The Bertz CT molecular complexity index is 700. The van der Waals surface area contributed by atoms with E-state index in [1.165, 1.54) is 29.4 Å². The van der Waals surface area contributed by atoms with Gasteiger partial charge in [-0.2, -0.15) is 18.3 Å². The number of aromatic nitrogens is 2. The number of nitrogens with one attached hydrogen (secondary N) is 1. The van der Waals surface area contributed by atoms with E-state index in [0.717, 1.165) is 12.1 Å². The maximum atomic E-state index is 12.9. The van der Waals surface area contributed by atoms with Crippen LogP contribution in [0.2, 0.25) is 0 Å². The number of amides is 1. The van der Waals surface area contributed by atoms with Crippen molar-refractivity contribution in [2.75, 3.05) is 6.54 Å². The van der Waals surface area contributed by atoms with Crippen molar-refractivity contribution in [1.82, 2.24) is 15.1 Å². The third kappa shape index (κ3) is 3.07. The predicted octanol–water partition coefficient (Wildman–Crippen LogP) is 2.38. The summed E-state index contributed by atoms with van der Waals surface area (Å²) in [5, 5.41) is 16.1. The molecule has 1 saturated heterocycles. The van der Waals surface area contributed by atoms with Gasteiger partial charge in [-0.3, -0.25) is 9.89 Å². The molecule has 5 nitrogen and oxygen atoms in total. The first-order chi connectivity index (χ1) is 10.9. The number of hydrogen-bond acceptors (Lipinski definition) is 3. The molecule has 0 aliphatic carbocycles. The summed E-state index contributed by atoms with van der Waals surface area (Å²) in [5.74, 6) is -0.377. The quantitative estimate of drug-likeness (QED) is 0.891. The monoisotopic (exact) mass is 325 g/mol. The van der Waals surface area contributed by atoms with E-state index in [0.29, 0.717) is 11.1 Å². The van der Waals surface area contributed by atoms with Gasteiger partial charge < -0.3 is 10.0 Å². The molecule has 2 N–H and O–H groups in total. The molecular weight excluding hydrogens is 311 g/mol. The number of carbonyl (C=O) groups is 1. The Morgan fingerprint density at radius 3 is 2.83 bits per heavy atom. The predicted molar refractivity (Wildman–Crippen MR) is 74.4 cm³/mol. The fraction of sp³-hybridized carbons (Fsp3) is 0.333. The number of aliphatic hydroxyl groups is 1. The summed E-state index contributed by atoms with van der Waals surface area (Å²) in [7, 11) is 0. The van der Waals surface area contributed by atoms with Gasteiger partial charge in [0.2, 0.25) is 0 Å². The van der Waals surface area contributed by atoms with E-state index in [1.807, 2.05) is 0 Å². The summed E-state index contributed by atoms with van der Waals surface area (Å²) in [6, 6.07) is 4.25. The van der Waals surface area contributed by atoms with Gasteiger partial charge in [-0.1, -0.05) is 12.1 Å². The maximum Gasteiger partial charge on any atom is 0.416 e. The highest BCUT2D eigenvalue weighted by atomic mass is 19.4. The molecule has 3 rings (SSSR count). The van der Waals surface area contributed by atoms with E-state index in [1.54, 1.807) is 0 Å². The fourth-order valence-corrected chi connectivity index (χ4v) is 2.81. The second-order valence-corrected chi connectivity index (χ2v) is 5.47. The summed E-state index contributed by atoms with van der Waals surface area (Å²) >= 11 is 0. The Labute approximate surface area is 129 Å². The molecule has 1 fully saturated rings. The van der Waals surface area contributed by atoms with E-state index in [4.69, 9.17) is 0 Å². The van der Waals surface area contributed by atoms with Gasteiger partial charge in [0.15, 0.2) is 0 Å². The summed E-state index contributed by atoms with van der Waals surface area (Å²) in [6.07, 6.45) is -2.27. The van der Waals surface area contributed by atoms with Crippen molar-refractivity contribution < 1.29 is 23.1 Å². The first kappa shape index (κ1) is 15.5. The van der Waals surface area contributed by atoms with Crippen molar-refractivity contribution >= 4 is 5.91 Å². The Hall–Kier alpha value is -2.35. The van der Waals surface area contributed by atoms with Crippen LogP contribution in [0.3, 0.4) is 0 Å². The topological polar surface area (TPSA) is 69.2 Å². The Kier molecular flexibility index (Phi) is 3.85. The van der Waals surface area contributed by atoms with Crippen LogP contribution in [0.5, 0.6) is 0 Å². The molecular formula is C15H14F3N3O2. The minimum Gasteiger partial charge on any atom is -0.391 e. The molecule has 0 radical (unpaired) electrons. The zero-order valence-corrected chi connectivity index (χ0v) is 11.9. The van der Waals surface area contributed by atoms with Gasteiger partial charge >= 0.3 is 6.18 Å².